The Kier molecular flexibility index (Phi) is 7.74. The smallest absolute Gasteiger partial charge is 0.266 e. The minimum absolute atomic E-state index is 0.0370. The van der Waals surface area contributed by atoms with Gasteiger partial charge in [-0.05, 0) is 68.6 Å². The van der Waals surface area contributed by atoms with Crippen LogP contribution < -0.4 is 10.1 Å². The Balaban J connectivity index is 1.54. The van der Waals surface area contributed by atoms with Crippen molar-refractivity contribution in [1.29, 1.82) is 0 Å². The largest absolute Gasteiger partial charge is 0.496 e. The van der Waals surface area contributed by atoms with Crippen molar-refractivity contribution in [3.63, 3.8) is 0 Å². The summed E-state index contributed by atoms with van der Waals surface area (Å²) >= 11 is 7.88. The molecule has 2 heterocycles. The lowest BCUT2D eigenvalue weighted by atomic mass is 9.89. The topological polar surface area (TPSA) is 54.5 Å². The van der Waals surface area contributed by atoms with Gasteiger partial charge in [0, 0.05) is 52.2 Å². The molecule has 0 radical (unpaired) electrons. The molecule has 5 nitrogen and oxygen atoms in total. The summed E-state index contributed by atoms with van der Waals surface area (Å²) in [6.45, 7) is 0.359. The van der Waals surface area contributed by atoms with Crippen LogP contribution in [-0.4, -0.2) is 42.0 Å². The van der Waals surface area contributed by atoms with Gasteiger partial charge < -0.3 is 15.0 Å². The average Bonchev–Trinajstić information content (AvgIpc) is 3.29. The molecule has 1 aliphatic rings. The number of ether oxygens (including phenoxy) is 1. The molecule has 8 heteroatoms. The molecule has 192 valence electrons. The van der Waals surface area contributed by atoms with Gasteiger partial charge in [0.05, 0.1) is 12.1 Å². The average molecular weight is 538 g/mol. The van der Waals surface area contributed by atoms with Crippen molar-refractivity contribution in [1.82, 2.24) is 15.2 Å². The third kappa shape index (κ3) is 5.21. The summed E-state index contributed by atoms with van der Waals surface area (Å²) in [6, 6.07) is 15.2. The second-order valence-electron chi connectivity index (χ2n) is 9.35. The van der Waals surface area contributed by atoms with Crippen LogP contribution in [0.4, 0.5) is 4.39 Å². The lowest BCUT2D eigenvalue weighted by Gasteiger charge is -2.37. The third-order valence-electron chi connectivity index (χ3n) is 7.22. The number of benzene rings is 2. The van der Waals surface area contributed by atoms with Crippen LogP contribution in [0.25, 0.3) is 21.2 Å². The highest BCUT2D eigenvalue weighted by Gasteiger charge is 2.32. The van der Waals surface area contributed by atoms with Gasteiger partial charge in [0.15, 0.2) is 0 Å². The van der Waals surface area contributed by atoms with Crippen LogP contribution in [0.3, 0.4) is 0 Å². The Morgan fingerprint density at radius 1 is 1.16 bits per heavy atom. The van der Waals surface area contributed by atoms with E-state index in [9.17, 15) is 9.18 Å². The van der Waals surface area contributed by atoms with Crippen molar-refractivity contribution >= 4 is 38.9 Å². The number of fused-ring (bicyclic) bond motifs is 1. The zero-order valence-corrected chi connectivity index (χ0v) is 22.4. The van der Waals surface area contributed by atoms with E-state index in [0.717, 1.165) is 42.4 Å². The van der Waals surface area contributed by atoms with Gasteiger partial charge in [0.1, 0.15) is 16.4 Å². The zero-order valence-electron chi connectivity index (χ0n) is 20.8. The van der Waals surface area contributed by atoms with Crippen LogP contribution in [0.2, 0.25) is 5.02 Å². The number of thiophene rings is 1. The summed E-state index contributed by atoms with van der Waals surface area (Å²) in [7, 11) is 3.62. The standard InChI is InChI=1S/C29H29ClFN3O2S/c1-32-21-9-11-22(12-10-21)34(29(35)28-27(30)26-23(31)6-3-7-25(26)37-28)17-20-15-18(8-13-24(20)36-2)19-5-4-14-33-16-19/h3-8,13-16,21-22,32H,9-12,17H2,1-2H3/t21-,22-. The van der Waals surface area contributed by atoms with E-state index in [1.54, 1.807) is 25.4 Å². The summed E-state index contributed by atoms with van der Waals surface area (Å²) in [6.07, 6.45) is 7.27. The number of halogens is 2. The fourth-order valence-electron chi connectivity index (χ4n) is 5.18. The molecule has 0 spiro atoms. The number of carbonyl (C=O) groups excluding carboxylic acids is 1. The number of pyridine rings is 1. The van der Waals surface area contributed by atoms with E-state index < -0.39 is 5.82 Å². The first-order chi connectivity index (χ1) is 18.0. The molecule has 1 fully saturated rings. The summed E-state index contributed by atoms with van der Waals surface area (Å²) in [5, 5.41) is 3.86. The number of nitrogens with one attached hydrogen (secondary N) is 1. The Morgan fingerprint density at radius 3 is 2.65 bits per heavy atom. The van der Waals surface area contributed by atoms with Crippen LogP contribution in [0.15, 0.2) is 60.9 Å². The van der Waals surface area contributed by atoms with Crippen molar-refractivity contribution in [3.05, 3.63) is 82.2 Å². The van der Waals surface area contributed by atoms with E-state index in [2.05, 4.69) is 16.4 Å². The molecule has 0 atom stereocenters. The highest BCUT2D eigenvalue weighted by atomic mass is 35.5. The van der Waals surface area contributed by atoms with Crippen LogP contribution in [0.1, 0.15) is 40.9 Å². The Morgan fingerprint density at radius 2 is 1.97 bits per heavy atom. The van der Waals surface area contributed by atoms with Gasteiger partial charge in [0.25, 0.3) is 5.91 Å². The number of carbonyl (C=O) groups is 1. The van der Waals surface area contributed by atoms with Crippen molar-refractivity contribution < 1.29 is 13.9 Å². The Labute approximate surface area is 225 Å². The second kappa shape index (κ2) is 11.2. The first-order valence-corrected chi connectivity index (χ1v) is 13.6. The quantitative estimate of drug-likeness (QED) is 0.277. The third-order valence-corrected chi connectivity index (χ3v) is 8.86. The molecule has 4 aromatic rings. The molecular weight excluding hydrogens is 509 g/mol. The maximum atomic E-state index is 14.6. The van der Waals surface area contributed by atoms with Crippen molar-refractivity contribution in [2.45, 2.75) is 44.3 Å². The lowest BCUT2D eigenvalue weighted by Crippen LogP contribution is -2.44. The zero-order chi connectivity index (χ0) is 25.9. The maximum absolute atomic E-state index is 14.6. The molecule has 1 saturated carbocycles. The molecule has 2 aromatic carbocycles. The van der Waals surface area contributed by atoms with Gasteiger partial charge in [-0.15, -0.1) is 11.3 Å². The SMILES string of the molecule is CN[C@H]1CC[C@H](N(Cc2cc(-c3cccnc3)ccc2OC)C(=O)c2sc3cccc(F)c3c2Cl)CC1. The molecule has 2 aromatic heterocycles. The lowest BCUT2D eigenvalue weighted by molar-refractivity contribution is 0.0604. The number of methoxy groups -OCH3 is 1. The Hall–Kier alpha value is -3.00. The van der Waals surface area contributed by atoms with Crippen LogP contribution in [0.5, 0.6) is 5.75 Å². The number of hydrogen-bond donors (Lipinski definition) is 1. The molecule has 0 aliphatic heterocycles. The van der Waals surface area contributed by atoms with Gasteiger partial charge >= 0.3 is 0 Å². The summed E-state index contributed by atoms with van der Waals surface area (Å²) in [5.41, 5.74) is 2.88. The predicted octanol–water partition coefficient (Wildman–Crippen LogP) is 6.94. The highest BCUT2D eigenvalue weighted by Crippen LogP contribution is 2.39. The molecule has 1 aliphatic carbocycles. The van der Waals surface area contributed by atoms with Crippen molar-refractivity contribution in [2.75, 3.05) is 14.2 Å². The van der Waals surface area contributed by atoms with E-state index in [0.29, 0.717) is 33.3 Å². The molecule has 0 bridgehead atoms. The van der Waals surface area contributed by atoms with E-state index in [1.807, 2.05) is 42.4 Å². The minimum atomic E-state index is -0.412. The molecule has 0 unspecified atom stereocenters. The summed E-state index contributed by atoms with van der Waals surface area (Å²) in [4.78, 5) is 20.6. The summed E-state index contributed by atoms with van der Waals surface area (Å²) in [5.74, 6) is 0.125. The molecular formula is C29H29ClFN3O2S. The number of amides is 1. The highest BCUT2D eigenvalue weighted by molar-refractivity contribution is 7.21. The number of aromatic nitrogens is 1. The molecule has 37 heavy (non-hydrogen) atoms. The molecule has 0 saturated heterocycles. The van der Waals surface area contributed by atoms with Gasteiger partial charge in [-0.2, -0.15) is 0 Å². The predicted molar refractivity (Wildman–Crippen MR) is 148 cm³/mol. The van der Waals surface area contributed by atoms with E-state index in [-0.39, 0.29) is 17.0 Å². The molecule has 5 rings (SSSR count). The molecule has 1 amide bonds. The van der Waals surface area contributed by atoms with Crippen LogP contribution in [-0.2, 0) is 6.54 Å². The monoisotopic (exact) mass is 537 g/mol. The van der Waals surface area contributed by atoms with Gasteiger partial charge in [-0.25, -0.2) is 4.39 Å². The number of nitrogens with zero attached hydrogens (tertiary/aromatic N) is 2. The summed E-state index contributed by atoms with van der Waals surface area (Å²) < 4.78 is 20.9. The van der Waals surface area contributed by atoms with Crippen LogP contribution >= 0.6 is 22.9 Å². The van der Waals surface area contributed by atoms with Gasteiger partial charge in [0.2, 0.25) is 0 Å². The second-order valence-corrected chi connectivity index (χ2v) is 10.8. The maximum Gasteiger partial charge on any atom is 0.266 e. The van der Waals surface area contributed by atoms with Crippen molar-refractivity contribution in [3.8, 4) is 16.9 Å². The minimum Gasteiger partial charge on any atom is -0.496 e. The molecule has 1 N–H and O–H groups in total. The van der Waals surface area contributed by atoms with E-state index in [4.69, 9.17) is 16.3 Å². The van der Waals surface area contributed by atoms with Crippen LogP contribution in [0, 0.1) is 5.82 Å². The van der Waals surface area contributed by atoms with Crippen molar-refractivity contribution in [2.24, 2.45) is 0 Å². The van der Waals surface area contributed by atoms with Gasteiger partial charge in [-0.1, -0.05) is 29.8 Å². The first kappa shape index (κ1) is 25.6. The fourth-order valence-corrected chi connectivity index (χ4v) is 6.69. The van der Waals surface area contributed by atoms with E-state index in [1.165, 1.54) is 17.4 Å². The fraction of sp³-hybridized carbons (Fsp3) is 0.310. The number of rotatable bonds is 7. The normalized spacial score (nSPS) is 17.6. The number of hydrogen-bond acceptors (Lipinski definition) is 5. The van der Waals surface area contributed by atoms with E-state index >= 15 is 0 Å². The first-order valence-electron chi connectivity index (χ1n) is 12.4. The van der Waals surface area contributed by atoms with Gasteiger partial charge in [-0.3, -0.25) is 9.78 Å². The Bertz CT molecular complexity index is 1400.